The van der Waals surface area contributed by atoms with Gasteiger partial charge in [-0.05, 0) is 32.0 Å². The van der Waals surface area contributed by atoms with Crippen LogP contribution in [0.3, 0.4) is 0 Å². The lowest BCUT2D eigenvalue weighted by Crippen LogP contribution is -2.39. The Balaban J connectivity index is 2.47. The van der Waals surface area contributed by atoms with Gasteiger partial charge in [-0.3, -0.25) is 4.79 Å². The summed E-state index contributed by atoms with van der Waals surface area (Å²) in [6.07, 6.45) is 0. The van der Waals surface area contributed by atoms with Crippen LogP contribution in [0.4, 0.5) is 8.78 Å². The van der Waals surface area contributed by atoms with E-state index in [0.29, 0.717) is 0 Å². The smallest absolute Gasteiger partial charge is 0.236 e. The summed E-state index contributed by atoms with van der Waals surface area (Å²) < 4.78 is 26.2. The van der Waals surface area contributed by atoms with Gasteiger partial charge in [-0.15, -0.1) is 0 Å². The number of rotatable bonds is 5. The molecular formula is C13H18F2N2O. The molecule has 0 aliphatic carbocycles. The minimum absolute atomic E-state index is 0.0817. The molecule has 0 saturated carbocycles. The Labute approximate surface area is 106 Å². The molecule has 0 aromatic heterocycles. The van der Waals surface area contributed by atoms with E-state index in [1.54, 1.807) is 11.9 Å². The topological polar surface area (TPSA) is 32.3 Å². The second kappa shape index (κ2) is 6.44. The Kier molecular flexibility index (Phi) is 5.22. The second-order valence-electron chi connectivity index (χ2n) is 4.44. The highest BCUT2D eigenvalue weighted by Crippen LogP contribution is 2.09. The zero-order valence-corrected chi connectivity index (χ0v) is 10.8. The van der Waals surface area contributed by atoms with Crippen molar-refractivity contribution in [2.24, 2.45) is 0 Å². The van der Waals surface area contributed by atoms with Crippen LogP contribution >= 0.6 is 0 Å². The van der Waals surface area contributed by atoms with Crippen molar-refractivity contribution in [3.05, 3.63) is 35.4 Å². The van der Waals surface area contributed by atoms with Crippen LogP contribution in [0, 0.1) is 11.6 Å². The van der Waals surface area contributed by atoms with Gasteiger partial charge in [-0.2, -0.15) is 0 Å². The summed E-state index contributed by atoms with van der Waals surface area (Å²) in [5.74, 6) is -1.05. The van der Waals surface area contributed by atoms with Crippen LogP contribution < -0.4 is 5.32 Å². The van der Waals surface area contributed by atoms with E-state index in [-0.39, 0.29) is 30.6 Å². The predicted octanol–water partition coefficient (Wildman–Crippen LogP) is 1.92. The standard InChI is InChI=1S/C13H18F2N2O/c1-9(2)17(3)13(18)8-16-7-10-6-11(14)4-5-12(10)15/h4-6,9,16H,7-8H2,1-3H3. The predicted molar refractivity (Wildman–Crippen MR) is 66.0 cm³/mol. The number of amides is 1. The van der Waals surface area contributed by atoms with Crippen LogP contribution in [-0.4, -0.2) is 30.4 Å². The second-order valence-corrected chi connectivity index (χ2v) is 4.44. The van der Waals surface area contributed by atoms with Crippen molar-refractivity contribution in [3.63, 3.8) is 0 Å². The molecule has 0 bridgehead atoms. The van der Waals surface area contributed by atoms with Crippen molar-refractivity contribution in [2.75, 3.05) is 13.6 Å². The van der Waals surface area contributed by atoms with E-state index in [1.807, 2.05) is 13.8 Å². The Morgan fingerprint density at radius 3 is 2.67 bits per heavy atom. The van der Waals surface area contributed by atoms with Crippen molar-refractivity contribution in [2.45, 2.75) is 26.4 Å². The summed E-state index contributed by atoms with van der Waals surface area (Å²) in [4.78, 5) is 13.2. The quantitative estimate of drug-likeness (QED) is 0.873. The molecule has 0 saturated heterocycles. The van der Waals surface area contributed by atoms with Gasteiger partial charge in [-0.1, -0.05) is 0 Å². The van der Waals surface area contributed by atoms with Crippen LogP contribution in [0.1, 0.15) is 19.4 Å². The summed E-state index contributed by atoms with van der Waals surface area (Å²) >= 11 is 0. The molecule has 1 rings (SSSR count). The first kappa shape index (κ1) is 14.6. The van der Waals surface area contributed by atoms with Gasteiger partial charge in [0.1, 0.15) is 11.6 Å². The third kappa shape index (κ3) is 4.07. The fourth-order valence-corrected chi connectivity index (χ4v) is 1.40. The molecule has 0 spiro atoms. The lowest BCUT2D eigenvalue weighted by atomic mass is 10.2. The number of hydrogen-bond acceptors (Lipinski definition) is 2. The number of halogens is 2. The van der Waals surface area contributed by atoms with E-state index >= 15 is 0 Å². The first-order valence-corrected chi connectivity index (χ1v) is 5.82. The molecule has 3 nitrogen and oxygen atoms in total. The maximum Gasteiger partial charge on any atom is 0.236 e. The molecule has 0 fully saturated rings. The monoisotopic (exact) mass is 256 g/mol. The van der Waals surface area contributed by atoms with E-state index < -0.39 is 11.6 Å². The summed E-state index contributed by atoms with van der Waals surface area (Å²) in [5, 5.41) is 2.81. The van der Waals surface area contributed by atoms with Gasteiger partial charge in [0.25, 0.3) is 0 Å². The van der Waals surface area contributed by atoms with Crippen LogP contribution in [0.2, 0.25) is 0 Å². The number of carbonyl (C=O) groups excluding carboxylic acids is 1. The van der Waals surface area contributed by atoms with Crippen molar-refractivity contribution in [3.8, 4) is 0 Å². The molecule has 0 radical (unpaired) electrons. The first-order valence-electron chi connectivity index (χ1n) is 5.82. The zero-order valence-electron chi connectivity index (χ0n) is 10.8. The van der Waals surface area contributed by atoms with Crippen molar-refractivity contribution < 1.29 is 13.6 Å². The Morgan fingerprint density at radius 1 is 1.39 bits per heavy atom. The molecule has 18 heavy (non-hydrogen) atoms. The minimum atomic E-state index is -0.487. The average Bonchev–Trinajstić information content (AvgIpc) is 2.32. The van der Waals surface area contributed by atoms with E-state index in [2.05, 4.69) is 5.32 Å². The maximum absolute atomic E-state index is 13.3. The highest BCUT2D eigenvalue weighted by molar-refractivity contribution is 5.78. The summed E-state index contributed by atoms with van der Waals surface area (Å²) in [5.41, 5.74) is 0.218. The van der Waals surface area contributed by atoms with Crippen molar-refractivity contribution in [1.82, 2.24) is 10.2 Å². The van der Waals surface area contributed by atoms with Gasteiger partial charge < -0.3 is 10.2 Å². The molecule has 5 heteroatoms. The molecule has 1 amide bonds. The summed E-state index contributed by atoms with van der Waals surface area (Å²) in [6, 6.07) is 3.38. The lowest BCUT2D eigenvalue weighted by molar-refractivity contribution is -0.130. The number of benzene rings is 1. The van der Waals surface area contributed by atoms with Gasteiger partial charge in [-0.25, -0.2) is 8.78 Å². The highest BCUT2D eigenvalue weighted by atomic mass is 19.1. The molecular weight excluding hydrogens is 238 g/mol. The largest absolute Gasteiger partial charge is 0.342 e. The first-order chi connectivity index (χ1) is 8.41. The van der Waals surface area contributed by atoms with Crippen LogP contribution in [-0.2, 0) is 11.3 Å². The number of carbonyl (C=O) groups is 1. The minimum Gasteiger partial charge on any atom is -0.342 e. The number of nitrogens with one attached hydrogen (secondary N) is 1. The average molecular weight is 256 g/mol. The van der Waals surface area contributed by atoms with Crippen LogP contribution in [0.5, 0.6) is 0 Å². The highest BCUT2D eigenvalue weighted by Gasteiger charge is 2.11. The molecule has 0 aliphatic rings. The van der Waals surface area contributed by atoms with E-state index in [1.165, 1.54) is 0 Å². The van der Waals surface area contributed by atoms with Gasteiger partial charge in [0.2, 0.25) is 5.91 Å². The number of hydrogen-bond donors (Lipinski definition) is 1. The molecule has 0 unspecified atom stereocenters. The van der Waals surface area contributed by atoms with E-state index in [4.69, 9.17) is 0 Å². The summed E-state index contributed by atoms with van der Waals surface area (Å²) in [7, 11) is 1.71. The van der Waals surface area contributed by atoms with Crippen LogP contribution in [0.15, 0.2) is 18.2 Å². The maximum atomic E-state index is 13.3. The van der Waals surface area contributed by atoms with Crippen LogP contribution in [0.25, 0.3) is 0 Å². The fourth-order valence-electron chi connectivity index (χ4n) is 1.40. The van der Waals surface area contributed by atoms with Gasteiger partial charge in [0.05, 0.1) is 6.54 Å². The molecule has 1 aromatic carbocycles. The molecule has 1 aromatic rings. The fraction of sp³-hybridized carbons (Fsp3) is 0.462. The van der Waals surface area contributed by atoms with Gasteiger partial charge in [0.15, 0.2) is 0 Å². The Hall–Kier alpha value is -1.49. The van der Waals surface area contributed by atoms with Gasteiger partial charge in [0, 0.05) is 25.2 Å². The molecule has 0 heterocycles. The third-order valence-corrected chi connectivity index (χ3v) is 2.77. The van der Waals surface area contributed by atoms with Crippen molar-refractivity contribution >= 4 is 5.91 Å². The number of likely N-dealkylation sites (N-methyl/N-ethyl adjacent to an activating group) is 1. The third-order valence-electron chi connectivity index (χ3n) is 2.77. The number of nitrogens with zero attached hydrogens (tertiary/aromatic N) is 1. The van der Waals surface area contributed by atoms with E-state index in [0.717, 1.165) is 18.2 Å². The normalized spacial score (nSPS) is 10.8. The Morgan fingerprint density at radius 2 is 2.06 bits per heavy atom. The Bertz CT molecular complexity index is 421. The SMILES string of the molecule is CC(C)N(C)C(=O)CNCc1cc(F)ccc1F. The molecule has 100 valence electrons. The lowest BCUT2D eigenvalue weighted by Gasteiger charge is -2.21. The molecule has 0 aliphatic heterocycles. The van der Waals surface area contributed by atoms with Gasteiger partial charge >= 0.3 is 0 Å². The van der Waals surface area contributed by atoms with E-state index in [9.17, 15) is 13.6 Å². The zero-order chi connectivity index (χ0) is 13.7. The van der Waals surface area contributed by atoms with Crippen molar-refractivity contribution in [1.29, 1.82) is 0 Å². The molecule has 1 N–H and O–H groups in total. The summed E-state index contributed by atoms with van der Waals surface area (Å²) in [6.45, 7) is 4.04. The molecule has 0 atom stereocenters.